The number of aromatic nitrogens is 2. The second-order valence-corrected chi connectivity index (χ2v) is 6.45. The number of benzene rings is 2. The number of hydrogen-bond donors (Lipinski definition) is 2. The number of rotatable bonds is 4. The number of nitrogens with one attached hydrogen (secondary N) is 2. The highest BCUT2D eigenvalue weighted by Gasteiger charge is 2.34. The Morgan fingerprint density at radius 3 is 2.45 bits per heavy atom. The second-order valence-electron chi connectivity index (χ2n) is 6.01. The molecular weight excluding hydrogens is 414 g/mol. The van der Waals surface area contributed by atoms with Gasteiger partial charge in [0, 0.05) is 28.0 Å². The van der Waals surface area contributed by atoms with E-state index in [2.05, 4.69) is 15.3 Å². The second kappa shape index (κ2) is 8.04. The highest BCUT2D eigenvalue weighted by molar-refractivity contribution is 6.30. The molecule has 29 heavy (non-hydrogen) atoms. The average Bonchev–Trinajstić information content (AvgIpc) is 2.65. The van der Waals surface area contributed by atoms with E-state index in [1.165, 1.54) is 6.20 Å². The molecule has 0 saturated carbocycles. The molecule has 5 nitrogen and oxygen atoms in total. The molecule has 0 atom stereocenters. The van der Waals surface area contributed by atoms with Crippen molar-refractivity contribution in [2.24, 2.45) is 0 Å². The highest BCUT2D eigenvalue weighted by Crippen LogP contribution is 2.33. The summed E-state index contributed by atoms with van der Waals surface area (Å²) in [5, 5.41) is 2.72. The van der Waals surface area contributed by atoms with Gasteiger partial charge in [0.2, 0.25) is 5.91 Å². The molecular formula is C19H12ClF4N3O2. The summed E-state index contributed by atoms with van der Waals surface area (Å²) in [5.74, 6) is -1.94. The van der Waals surface area contributed by atoms with E-state index in [1.807, 2.05) is 0 Å². The Labute approximate surface area is 166 Å². The van der Waals surface area contributed by atoms with Gasteiger partial charge in [-0.25, -0.2) is 9.37 Å². The molecule has 150 valence electrons. The molecule has 3 aromatic rings. The number of amides is 1. The quantitative estimate of drug-likeness (QED) is 0.607. The minimum absolute atomic E-state index is 0.0124. The maximum absolute atomic E-state index is 13.3. The third kappa shape index (κ3) is 5.00. The van der Waals surface area contributed by atoms with E-state index in [0.29, 0.717) is 22.7 Å². The molecule has 1 amide bonds. The standard InChI is InChI=1S/C19H12ClF4N3O2/c20-12-3-1-10(2-4-12)17-25-9-11(18(29)27-17)7-16(28)26-13-5-6-15(21)14(8-13)19(22,23)24/h1-6,8-9H,7H2,(H,26,28)(H,25,27,29). The Morgan fingerprint density at radius 2 is 1.83 bits per heavy atom. The summed E-state index contributed by atoms with van der Waals surface area (Å²) in [6, 6.07) is 8.63. The molecule has 1 heterocycles. The zero-order valence-electron chi connectivity index (χ0n) is 14.5. The van der Waals surface area contributed by atoms with Gasteiger partial charge >= 0.3 is 6.18 Å². The van der Waals surface area contributed by atoms with Crippen molar-refractivity contribution in [2.75, 3.05) is 5.32 Å². The smallest absolute Gasteiger partial charge is 0.326 e. The van der Waals surface area contributed by atoms with Crippen LogP contribution < -0.4 is 10.9 Å². The summed E-state index contributed by atoms with van der Waals surface area (Å²) < 4.78 is 51.6. The van der Waals surface area contributed by atoms with Crippen LogP contribution in [0.4, 0.5) is 23.2 Å². The van der Waals surface area contributed by atoms with Crippen LogP contribution in [0.1, 0.15) is 11.1 Å². The Hall–Kier alpha value is -3.20. The molecule has 0 aliphatic carbocycles. The minimum Gasteiger partial charge on any atom is -0.326 e. The third-order valence-corrected chi connectivity index (χ3v) is 4.15. The number of hydrogen-bond acceptors (Lipinski definition) is 3. The van der Waals surface area contributed by atoms with Crippen molar-refractivity contribution >= 4 is 23.2 Å². The normalized spacial score (nSPS) is 11.3. The first-order valence-electron chi connectivity index (χ1n) is 8.14. The van der Waals surface area contributed by atoms with Gasteiger partial charge < -0.3 is 10.3 Å². The van der Waals surface area contributed by atoms with Crippen LogP contribution in [0.3, 0.4) is 0 Å². The lowest BCUT2D eigenvalue weighted by molar-refractivity contribution is -0.140. The van der Waals surface area contributed by atoms with Crippen molar-refractivity contribution in [1.29, 1.82) is 0 Å². The van der Waals surface area contributed by atoms with Gasteiger partial charge in [0.15, 0.2) is 0 Å². The van der Waals surface area contributed by atoms with Crippen LogP contribution >= 0.6 is 11.6 Å². The van der Waals surface area contributed by atoms with Crippen molar-refractivity contribution in [3.8, 4) is 11.4 Å². The molecule has 0 fully saturated rings. The fraction of sp³-hybridized carbons (Fsp3) is 0.105. The van der Waals surface area contributed by atoms with Gasteiger partial charge in [-0.2, -0.15) is 13.2 Å². The van der Waals surface area contributed by atoms with Gasteiger partial charge in [-0.15, -0.1) is 0 Å². The number of halogens is 5. The predicted octanol–water partition coefficient (Wildman–Crippen LogP) is 4.43. The summed E-state index contributed by atoms with van der Waals surface area (Å²) in [6.07, 6.45) is -4.13. The molecule has 3 rings (SSSR count). The maximum Gasteiger partial charge on any atom is 0.419 e. The lowest BCUT2D eigenvalue weighted by Crippen LogP contribution is -2.22. The SMILES string of the molecule is O=C(Cc1cnc(-c2ccc(Cl)cc2)[nH]c1=O)Nc1ccc(F)c(C(F)(F)F)c1. The molecule has 0 unspecified atom stereocenters. The van der Waals surface area contributed by atoms with Crippen LogP contribution in [0, 0.1) is 5.82 Å². The van der Waals surface area contributed by atoms with Crippen LogP contribution in [0.5, 0.6) is 0 Å². The first kappa shape index (κ1) is 20.5. The molecule has 0 bridgehead atoms. The Balaban J connectivity index is 1.74. The summed E-state index contributed by atoms with van der Waals surface area (Å²) >= 11 is 5.80. The highest BCUT2D eigenvalue weighted by atomic mass is 35.5. The fourth-order valence-corrected chi connectivity index (χ4v) is 2.63. The Bertz CT molecular complexity index is 1110. The van der Waals surface area contributed by atoms with Crippen LogP contribution in [0.2, 0.25) is 5.02 Å². The number of aromatic amines is 1. The van der Waals surface area contributed by atoms with Crippen molar-refractivity contribution in [3.63, 3.8) is 0 Å². The summed E-state index contributed by atoms with van der Waals surface area (Å²) in [6.45, 7) is 0. The van der Waals surface area contributed by atoms with E-state index < -0.39 is 35.4 Å². The van der Waals surface area contributed by atoms with E-state index in [1.54, 1.807) is 24.3 Å². The van der Waals surface area contributed by atoms with Crippen LogP contribution in [0.15, 0.2) is 53.5 Å². The zero-order chi connectivity index (χ0) is 21.2. The van der Waals surface area contributed by atoms with Crippen molar-refractivity contribution < 1.29 is 22.4 Å². The van der Waals surface area contributed by atoms with Gasteiger partial charge in [0.25, 0.3) is 5.56 Å². The maximum atomic E-state index is 13.3. The van der Waals surface area contributed by atoms with Gasteiger partial charge in [-0.05, 0) is 42.5 Å². The van der Waals surface area contributed by atoms with E-state index in [4.69, 9.17) is 11.6 Å². The molecule has 0 radical (unpaired) electrons. The Kier molecular flexibility index (Phi) is 5.69. The summed E-state index contributed by atoms with van der Waals surface area (Å²) in [7, 11) is 0. The predicted molar refractivity (Wildman–Crippen MR) is 99.0 cm³/mol. The minimum atomic E-state index is -4.90. The van der Waals surface area contributed by atoms with Gasteiger partial charge in [0.1, 0.15) is 11.6 Å². The molecule has 0 aliphatic heterocycles. The Morgan fingerprint density at radius 1 is 1.14 bits per heavy atom. The topological polar surface area (TPSA) is 74.8 Å². The molecule has 0 saturated heterocycles. The van der Waals surface area contributed by atoms with Crippen molar-refractivity contribution in [2.45, 2.75) is 12.6 Å². The molecule has 10 heteroatoms. The first-order chi connectivity index (χ1) is 13.6. The van der Waals surface area contributed by atoms with Crippen LogP contribution in [-0.2, 0) is 17.4 Å². The average molecular weight is 426 g/mol. The van der Waals surface area contributed by atoms with E-state index in [0.717, 1.165) is 6.07 Å². The monoisotopic (exact) mass is 425 g/mol. The summed E-state index contributed by atoms with van der Waals surface area (Å²) in [4.78, 5) is 30.9. The summed E-state index contributed by atoms with van der Waals surface area (Å²) in [5.41, 5.74) is -1.70. The number of alkyl halides is 3. The molecule has 0 aliphatic rings. The number of carbonyl (C=O) groups is 1. The molecule has 2 N–H and O–H groups in total. The van der Waals surface area contributed by atoms with Crippen LogP contribution in [0.25, 0.3) is 11.4 Å². The molecule has 2 aromatic carbocycles. The number of nitrogens with zero attached hydrogens (tertiary/aromatic N) is 1. The van der Waals surface area contributed by atoms with Gasteiger partial charge in [-0.3, -0.25) is 9.59 Å². The number of anilines is 1. The van der Waals surface area contributed by atoms with Crippen molar-refractivity contribution in [3.05, 3.63) is 81.0 Å². The largest absolute Gasteiger partial charge is 0.419 e. The lowest BCUT2D eigenvalue weighted by Gasteiger charge is -2.11. The van der Waals surface area contributed by atoms with E-state index in [9.17, 15) is 27.2 Å². The van der Waals surface area contributed by atoms with Crippen LogP contribution in [-0.4, -0.2) is 15.9 Å². The van der Waals surface area contributed by atoms with Crippen molar-refractivity contribution in [1.82, 2.24) is 9.97 Å². The molecule has 1 aromatic heterocycles. The number of carbonyl (C=O) groups excluding carboxylic acids is 1. The van der Waals surface area contributed by atoms with Gasteiger partial charge in [-0.1, -0.05) is 11.6 Å². The first-order valence-corrected chi connectivity index (χ1v) is 8.52. The van der Waals surface area contributed by atoms with Gasteiger partial charge in [0.05, 0.1) is 12.0 Å². The zero-order valence-corrected chi connectivity index (χ0v) is 15.2. The third-order valence-electron chi connectivity index (χ3n) is 3.90. The van der Waals surface area contributed by atoms with E-state index in [-0.39, 0.29) is 17.1 Å². The molecule has 0 spiro atoms. The number of H-pyrrole nitrogens is 1. The lowest BCUT2D eigenvalue weighted by atomic mass is 10.1. The van der Waals surface area contributed by atoms with E-state index >= 15 is 0 Å². The fourth-order valence-electron chi connectivity index (χ4n) is 2.50.